The third kappa shape index (κ3) is 3.52. The Hall–Kier alpha value is -1.22. The molecule has 1 N–H and O–H groups in total. The first kappa shape index (κ1) is 16.2. The number of thiophene rings is 1. The van der Waals surface area contributed by atoms with Crippen molar-refractivity contribution in [2.24, 2.45) is 0 Å². The topological polar surface area (TPSA) is 75.4 Å². The van der Waals surface area contributed by atoms with Crippen LogP contribution >= 0.6 is 11.3 Å². The van der Waals surface area contributed by atoms with Gasteiger partial charge in [0.15, 0.2) is 5.76 Å². The summed E-state index contributed by atoms with van der Waals surface area (Å²) in [4.78, 5) is 3.23. The van der Waals surface area contributed by atoms with Crippen molar-refractivity contribution in [1.29, 1.82) is 0 Å². The van der Waals surface area contributed by atoms with Crippen molar-refractivity contribution >= 4 is 21.4 Å². The monoisotopic (exact) mass is 329 g/mol. The van der Waals surface area contributed by atoms with Gasteiger partial charge >= 0.3 is 0 Å². The lowest BCUT2D eigenvalue weighted by Crippen LogP contribution is -2.34. The minimum atomic E-state index is -3.63. The fourth-order valence-corrected chi connectivity index (χ4v) is 4.42. The lowest BCUT2D eigenvalue weighted by atomic mass is 10.2. The first-order chi connectivity index (χ1) is 9.83. The fourth-order valence-electron chi connectivity index (χ4n) is 2.14. The van der Waals surface area contributed by atoms with Gasteiger partial charge in [-0.1, -0.05) is 11.2 Å². The smallest absolute Gasteiger partial charge is 0.246 e. The molecule has 1 atom stereocenters. The summed E-state index contributed by atoms with van der Waals surface area (Å²) in [7, 11) is 0.224. The largest absolute Gasteiger partial charge is 0.360 e. The molecule has 0 amide bonds. The standard InChI is InChI=1S/C13H19N3O3S2/c1-9-13(10(2)19-15-9)21(17,18)14-8-11(16(3)4)12-6-5-7-20-12/h5-7,11,14H,8H2,1-4H3. The van der Waals surface area contributed by atoms with Crippen LogP contribution in [0.5, 0.6) is 0 Å². The Labute approximate surface area is 128 Å². The quantitative estimate of drug-likeness (QED) is 0.876. The van der Waals surface area contributed by atoms with Gasteiger partial charge in [0.2, 0.25) is 10.0 Å². The summed E-state index contributed by atoms with van der Waals surface area (Å²) < 4.78 is 32.4. The van der Waals surface area contributed by atoms with Crippen molar-refractivity contribution in [3.63, 3.8) is 0 Å². The normalized spacial score (nSPS) is 13.8. The van der Waals surface area contributed by atoms with E-state index in [0.717, 1.165) is 4.88 Å². The van der Waals surface area contributed by atoms with Gasteiger partial charge in [-0.15, -0.1) is 11.3 Å². The van der Waals surface area contributed by atoms with Gasteiger partial charge in [0.25, 0.3) is 0 Å². The van der Waals surface area contributed by atoms with E-state index in [1.165, 1.54) is 0 Å². The number of aromatic nitrogens is 1. The summed E-state index contributed by atoms with van der Waals surface area (Å²) in [5.74, 6) is 0.303. The minimum Gasteiger partial charge on any atom is -0.360 e. The van der Waals surface area contributed by atoms with Gasteiger partial charge in [0.1, 0.15) is 10.6 Å². The van der Waals surface area contributed by atoms with Gasteiger partial charge < -0.3 is 9.42 Å². The van der Waals surface area contributed by atoms with Crippen LogP contribution in [0.1, 0.15) is 22.4 Å². The van der Waals surface area contributed by atoms with Crippen LogP contribution in [0.4, 0.5) is 0 Å². The van der Waals surface area contributed by atoms with Gasteiger partial charge in [-0.25, -0.2) is 13.1 Å². The van der Waals surface area contributed by atoms with E-state index in [1.807, 2.05) is 36.5 Å². The second-order valence-electron chi connectivity index (χ2n) is 5.00. The van der Waals surface area contributed by atoms with E-state index in [4.69, 9.17) is 4.52 Å². The van der Waals surface area contributed by atoms with Gasteiger partial charge in [-0.2, -0.15) is 0 Å². The number of rotatable bonds is 6. The highest BCUT2D eigenvalue weighted by molar-refractivity contribution is 7.89. The Bertz CT molecular complexity index is 671. The molecule has 2 aromatic rings. The van der Waals surface area contributed by atoms with Gasteiger partial charge in [-0.05, 0) is 39.4 Å². The van der Waals surface area contributed by atoms with Crippen molar-refractivity contribution in [2.75, 3.05) is 20.6 Å². The molecule has 0 aliphatic heterocycles. The highest BCUT2D eigenvalue weighted by Crippen LogP contribution is 2.24. The Morgan fingerprint density at radius 1 is 1.43 bits per heavy atom. The zero-order valence-corrected chi connectivity index (χ0v) is 14.1. The summed E-state index contributed by atoms with van der Waals surface area (Å²) >= 11 is 1.61. The lowest BCUT2D eigenvalue weighted by molar-refractivity contribution is 0.303. The molecule has 0 spiro atoms. The molecule has 2 aromatic heterocycles. The fraction of sp³-hybridized carbons (Fsp3) is 0.462. The molecule has 0 bridgehead atoms. The Balaban J connectivity index is 2.18. The van der Waals surface area contributed by atoms with Crippen LogP contribution in [0.3, 0.4) is 0 Å². The summed E-state index contributed by atoms with van der Waals surface area (Å²) in [6.45, 7) is 3.50. The van der Waals surface area contributed by atoms with Gasteiger partial charge in [-0.3, -0.25) is 0 Å². The third-order valence-corrected chi connectivity index (χ3v) is 5.84. The third-order valence-electron chi connectivity index (χ3n) is 3.20. The predicted octanol–water partition coefficient (Wildman–Crippen LogP) is 1.93. The number of hydrogen-bond acceptors (Lipinski definition) is 6. The number of nitrogens with one attached hydrogen (secondary N) is 1. The SMILES string of the molecule is Cc1noc(C)c1S(=O)(=O)NCC(c1cccs1)N(C)C. The molecule has 2 heterocycles. The van der Waals surface area contributed by atoms with Crippen LogP contribution in [0.15, 0.2) is 26.9 Å². The van der Waals surface area contributed by atoms with E-state index in [-0.39, 0.29) is 10.9 Å². The van der Waals surface area contributed by atoms with Gasteiger partial charge in [0, 0.05) is 11.4 Å². The predicted molar refractivity (Wildman–Crippen MR) is 81.9 cm³/mol. The second-order valence-corrected chi connectivity index (χ2v) is 7.68. The molecule has 1 unspecified atom stereocenters. The molecule has 0 radical (unpaired) electrons. The Morgan fingerprint density at radius 3 is 2.62 bits per heavy atom. The molecular formula is C13H19N3O3S2. The van der Waals surface area contributed by atoms with E-state index >= 15 is 0 Å². The number of likely N-dealkylation sites (N-methyl/N-ethyl adjacent to an activating group) is 1. The van der Waals surface area contributed by atoms with Crippen molar-refractivity contribution < 1.29 is 12.9 Å². The van der Waals surface area contributed by atoms with E-state index < -0.39 is 10.0 Å². The van der Waals surface area contributed by atoms with E-state index in [1.54, 1.807) is 25.2 Å². The first-order valence-corrected chi connectivity index (χ1v) is 8.81. The second kappa shape index (κ2) is 6.27. The average Bonchev–Trinajstić information content (AvgIpc) is 2.99. The Morgan fingerprint density at radius 2 is 2.14 bits per heavy atom. The number of hydrogen-bond donors (Lipinski definition) is 1. The van der Waals surface area contributed by atoms with Crippen molar-refractivity contribution in [3.05, 3.63) is 33.8 Å². The molecular weight excluding hydrogens is 310 g/mol. The van der Waals surface area contributed by atoms with Crippen LogP contribution < -0.4 is 4.72 Å². The van der Waals surface area contributed by atoms with E-state index in [9.17, 15) is 8.42 Å². The van der Waals surface area contributed by atoms with Crippen molar-refractivity contribution in [2.45, 2.75) is 24.8 Å². The molecule has 0 aliphatic rings. The summed E-state index contributed by atoms with van der Waals surface area (Å²) in [5.41, 5.74) is 0.373. The molecule has 0 saturated carbocycles. The molecule has 0 saturated heterocycles. The van der Waals surface area contributed by atoms with Crippen LogP contribution in [0.25, 0.3) is 0 Å². The lowest BCUT2D eigenvalue weighted by Gasteiger charge is -2.23. The highest BCUT2D eigenvalue weighted by atomic mass is 32.2. The van der Waals surface area contributed by atoms with Crippen LogP contribution in [0, 0.1) is 13.8 Å². The van der Waals surface area contributed by atoms with Crippen molar-refractivity contribution in [3.8, 4) is 0 Å². The number of aryl methyl sites for hydroxylation is 2. The van der Waals surface area contributed by atoms with E-state index in [2.05, 4.69) is 9.88 Å². The molecule has 116 valence electrons. The molecule has 21 heavy (non-hydrogen) atoms. The molecule has 2 rings (SSSR count). The van der Waals surface area contributed by atoms with Crippen LogP contribution in [-0.4, -0.2) is 39.1 Å². The minimum absolute atomic E-state index is 0.0137. The zero-order chi connectivity index (χ0) is 15.6. The van der Waals surface area contributed by atoms with Gasteiger partial charge in [0.05, 0.1) is 6.04 Å². The average molecular weight is 329 g/mol. The highest BCUT2D eigenvalue weighted by Gasteiger charge is 2.26. The molecule has 8 heteroatoms. The Kier molecular flexibility index (Phi) is 4.82. The molecule has 0 aromatic carbocycles. The molecule has 0 aliphatic carbocycles. The maximum atomic E-state index is 12.4. The maximum Gasteiger partial charge on any atom is 0.246 e. The summed E-state index contributed by atoms with van der Waals surface area (Å²) in [5, 5.41) is 5.67. The van der Waals surface area contributed by atoms with Crippen molar-refractivity contribution in [1.82, 2.24) is 14.8 Å². The summed E-state index contributed by atoms with van der Waals surface area (Å²) in [6, 6.07) is 3.94. The summed E-state index contributed by atoms with van der Waals surface area (Å²) in [6.07, 6.45) is 0. The van der Waals surface area contributed by atoms with Crippen LogP contribution in [-0.2, 0) is 10.0 Å². The first-order valence-electron chi connectivity index (χ1n) is 6.45. The van der Waals surface area contributed by atoms with E-state index in [0.29, 0.717) is 18.0 Å². The number of sulfonamides is 1. The molecule has 6 nitrogen and oxygen atoms in total. The maximum absolute atomic E-state index is 12.4. The number of nitrogens with zero attached hydrogens (tertiary/aromatic N) is 2. The zero-order valence-electron chi connectivity index (χ0n) is 12.5. The van der Waals surface area contributed by atoms with Crippen LogP contribution in [0.2, 0.25) is 0 Å². The molecule has 0 fully saturated rings.